The predicted molar refractivity (Wildman–Crippen MR) is 143 cm³/mol. The van der Waals surface area contributed by atoms with Crippen LogP contribution < -0.4 is 10.6 Å². The molecule has 0 aromatic carbocycles. The van der Waals surface area contributed by atoms with Crippen LogP contribution in [0.4, 0.5) is 10.6 Å². The largest absolute Gasteiger partial charge is 0.338 e. The fourth-order valence-electron chi connectivity index (χ4n) is 5.73. The van der Waals surface area contributed by atoms with E-state index in [2.05, 4.69) is 39.4 Å². The van der Waals surface area contributed by atoms with Gasteiger partial charge in [0, 0.05) is 44.2 Å². The summed E-state index contributed by atoms with van der Waals surface area (Å²) in [5.74, 6) is 0.0677. The van der Waals surface area contributed by atoms with E-state index in [1.54, 1.807) is 9.58 Å². The number of amides is 4. The first kappa shape index (κ1) is 26.7. The molecule has 10 heteroatoms. The quantitative estimate of drug-likeness (QED) is 0.549. The number of nitrogens with zero attached hydrogens (tertiary/aromatic N) is 5. The fourth-order valence-corrected chi connectivity index (χ4v) is 5.73. The molecule has 3 atom stereocenters. The van der Waals surface area contributed by atoms with E-state index in [9.17, 15) is 14.4 Å². The van der Waals surface area contributed by atoms with E-state index in [1.807, 2.05) is 52.0 Å². The molecule has 1 aromatic heterocycles. The molecule has 200 valence electrons. The lowest BCUT2D eigenvalue weighted by Gasteiger charge is -2.36. The van der Waals surface area contributed by atoms with Crippen LogP contribution in [0.1, 0.15) is 37.9 Å². The van der Waals surface area contributed by atoms with Crippen LogP contribution >= 0.6 is 0 Å². The minimum Gasteiger partial charge on any atom is -0.338 e. The second-order valence-corrected chi connectivity index (χ2v) is 10.9. The number of fused-ring (bicyclic) bond motifs is 1. The number of likely N-dealkylation sites (tertiary alicyclic amines) is 1. The molecule has 1 saturated heterocycles. The zero-order valence-corrected chi connectivity index (χ0v) is 22.5. The number of rotatable bonds is 7. The maximum absolute atomic E-state index is 13.6. The van der Waals surface area contributed by atoms with Gasteiger partial charge in [-0.2, -0.15) is 5.10 Å². The Hall–Kier alpha value is -3.40. The Morgan fingerprint density at radius 2 is 2.05 bits per heavy atom. The Bertz CT molecular complexity index is 1130. The number of nitrogens with one attached hydrogen (secondary N) is 2. The molecule has 1 aliphatic carbocycles. The number of allylic oxidation sites excluding steroid dienone is 3. The van der Waals surface area contributed by atoms with E-state index >= 15 is 0 Å². The molecule has 0 radical (unpaired) electrons. The number of carbonyl (C=O) groups excluding carboxylic acids is 3. The van der Waals surface area contributed by atoms with Crippen molar-refractivity contribution in [1.29, 1.82) is 0 Å². The van der Waals surface area contributed by atoms with Gasteiger partial charge in [0.1, 0.15) is 0 Å². The Balaban J connectivity index is 1.48. The molecule has 4 amide bonds. The third kappa shape index (κ3) is 5.34. The molecule has 3 aliphatic rings. The number of hydrogen-bond donors (Lipinski definition) is 2. The minimum absolute atomic E-state index is 0.0379. The van der Waals surface area contributed by atoms with Crippen LogP contribution in [0, 0.1) is 11.8 Å². The van der Waals surface area contributed by atoms with Gasteiger partial charge in [-0.3, -0.25) is 14.3 Å². The lowest BCUT2D eigenvalue weighted by molar-refractivity contribution is -0.125. The fraction of sp³-hybridized carbons (Fsp3) is 0.556. The van der Waals surface area contributed by atoms with Gasteiger partial charge in [0.25, 0.3) is 0 Å². The summed E-state index contributed by atoms with van der Waals surface area (Å²) in [5, 5.41) is 10.8. The Morgan fingerprint density at radius 1 is 1.30 bits per heavy atom. The molecular formula is C27H39N7O3. The van der Waals surface area contributed by atoms with Crippen molar-refractivity contribution >= 4 is 23.7 Å². The molecule has 37 heavy (non-hydrogen) atoms. The summed E-state index contributed by atoms with van der Waals surface area (Å²) in [5.41, 5.74) is 1.13. The number of hydrogen-bond acceptors (Lipinski definition) is 5. The summed E-state index contributed by atoms with van der Waals surface area (Å²) in [6, 6.07) is -0.174. The van der Waals surface area contributed by atoms with Gasteiger partial charge >= 0.3 is 6.03 Å². The topological polar surface area (TPSA) is 103 Å². The number of likely N-dealkylation sites (N-methyl/N-ethyl adjacent to an activating group) is 1. The molecule has 3 heterocycles. The highest BCUT2D eigenvalue weighted by Gasteiger charge is 2.46. The van der Waals surface area contributed by atoms with Crippen molar-refractivity contribution in [1.82, 2.24) is 29.8 Å². The van der Waals surface area contributed by atoms with Crippen LogP contribution in [0.5, 0.6) is 0 Å². The lowest BCUT2D eigenvalue weighted by Crippen LogP contribution is -2.53. The van der Waals surface area contributed by atoms with E-state index in [1.165, 1.54) is 6.08 Å². The van der Waals surface area contributed by atoms with Gasteiger partial charge in [-0.25, -0.2) is 4.79 Å². The second kappa shape index (κ2) is 10.5. The lowest BCUT2D eigenvalue weighted by atomic mass is 9.92. The third-order valence-electron chi connectivity index (χ3n) is 7.65. The van der Waals surface area contributed by atoms with Crippen LogP contribution in [0.25, 0.3) is 0 Å². The standard InChI is InChI=1S/C27H39N7O3/c1-7-22(35)33-14-13-19(15-33)25(36)29-24-20-16-34(27(2,3)23(20)32(6)30-24)26(37)28-21(17-31(4)5)18-11-9-8-10-12-18/h7-11,18-19,21H,1,12-17H2,2-6H3,(H,28,37)(H,29,30,36)/t18?,19?,21-/m1/s1. The van der Waals surface area contributed by atoms with E-state index in [0.29, 0.717) is 31.9 Å². The summed E-state index contributed by atoms with van der Waals surface area (Å²) in [6.45, 7) is 9.51. The number of urea groups is 1. The SMILES string of the molecule is C=CC(=O)N1CCC(C(=O)Nc2nn(C)c3c2CN(C(=O)N[C@H](CN(C)C)C2C=CC=CC2)C3(C)C)C1. The predicted octanol–water partition coefficient (Wildman–Crippen LogP) is 2.22. The van der Waals surface area contributed by atoms with Crippen molar-refractivity contribution in [2.24, 2.45) is 18.9 Å². The first-order valence-corrected chi connectivity index (χ1v) is 12.9. The monoisotopic (exact) mass is 509 g/mol. The average Bonchev–Trinajstić information content (AvgIpc) is 3.53. The van der Waals surface area contributed by atoms with Gasteiger partial charge in [-0.15, -0.1) is 0 Å². The number of aryl methyl sites for hydroxylation is 1. The van der Waals surface area contributed by atoms with E-state index < -0.39 is 5.54 Å². The van der Waals surface area contributed by atoms with Crippen LogP contribution in [-0.2, 0) is 28.7 Å². The first-order chi connectivity index (χ1) is 17.5. The maximum Gasteiger partial charge on any atom is 0.318 e. The van der Waals surface area contributed by atoms with Gasteiger partial charge in [0.15, 0.2) is 5.82 Å². The summed E-state index contributed by atoms with van der Waals surface area (Å²) < 4.78 is 1.76. The van der Waals surface area contributed by atoms with Crippen molar-refractivity contribution in [2.75, 3.05) is 39.0 Å². The molecule has 4 rings (SSSR count). The van der Waals surface area contributed by atoms with Crippen molar-refractivity contribution in [3.63, 3.8) is 0 Å². The molecule has 2 aliphatic heterocycles. The Kier molecular flexibility index (Phi) is 7.59. The summed E-state index contributed by atoms with van der Waals surface area (Å²) in [7, 11) is 5.86. The van der Waals surface area contributed by atoms with E-state index in [-0.39, 0.29) is 35.7 Å². The first-order valence-electron chi connectivity index (χ1n) is 12.9. The molecule has 1 aromatic rings. The van der Waals surface area contributed by atoms with Gasteiger partial charge in [-0.1, -0.05) is 30.9 Å². The zero-order chi connectivity index (χ0) is 26.9. The summed E-state index contributed by atoms with van der Waals surface area (Å²) in [4.78, 5) is 44.1. The minimum atomic E-state index is -0.615. The smallest absolute Gasteiger partial charge is 0.318 e. The Morgan fingerprint density at radius 3 is 2.70 bits per heavy atom. The molecule has 2 N–H and O–H groups in total. The highest BCUT2D eigenvalue weighted by atomic mass is 16.2. The molecule has 1 fully saturated rings. The van der Waals surface area contributed by atoms with Gasteiger partial charge in [-0.05, 0) is 46.9 Å². The number of carbonyl (C=O) groups is 3. The highest BCUT2D eigenvalue weighted by molar-refractivity contribution is 5.94. The van der Waals surface area contributed by atoms with Crippen molar-refractivity contribution in [3.8, 4) is 0 Å². The van der Waals surface area contributed by atoms with E-state index in [0.717, 1.165) is 24.2 Å². The zero-order valence-electron chi connectivity index (χ0n) is 22.5. The second-order valence-electron chi connectivity index (χ2n) is 10.9. The molecular weight excluding hydrogens is 470 g/mol. The van der Waals surface area contributed by atoms with Crippen molar-refractivity contribution < 1.29 is 14.4 Å². The molecule has 10 nitrogen and oxygen atoms in total. The average molecular weight is 510 g/mol. The molecule has 2 unspecified atom stereocenters. The van der Waals surface area contributed by atoms with Crippen LogP contribution in [-0.4, -0.2) is 82.1 Å². The van der Waals surface area contributed by atoms with Gasteiger partial charge in [0.2, 0.25) is 11.8 Å². The Labute approximate surface area is 219 Å². The summed E-state index contributed by atoms with van der Waals surface area (Å²) in [6.07, 6.45) is 11.1. The van der Waals surface area contributed by atoms with Crippen molar-refractivity contribution in [3.05, 3.63) is 48.2 Å². The molecule has 0 bridgehead atoms. The molecule has 0 saturated carbocycles. The van der Waals surface area contributed by atoms with Gasteiger partial charge < -0.3 is 25.3 Å². The number of aromatic nitrogens is 2. The maximum atomic E-state index is 13.6. The van der Waals surface area contributed by atoms with Crippen molar-refractivity contribution in [2.45, 2.75) is 44.8 Å². The van der Waals surface area contributed by atoms with Gasteiger partial charge in [0.05, 0.1) is 23.7 Å². The third-order valence-corrected chi connectivity index (χ3v) is 7.65. The van der Waals surface area contributed by atoms with Crippen LogP contribution in [0.15, 0.2) is 37.0 Å². The number of anilines is 1. The highest BCUT2D eigenvalue weighted by Crippen LogP contribution is 2.42. The molecule has 0 spiro atoms. The van der Waals surface area contributed by atoms with Crippen LogP contribution in [0.3, 0.4) is 0 Å². The summed E-state index contributed by atoms with van der Waals surface area (Å²) >= 11 is 0. The van der Waals surface area contributed by atoms with E-state index in [4.69, 9.17) is 0 Å². The normalized spacial score (nSPS) is 22.8. The van der Waals surface area contributed by atoms with Crippen LogP contribution in [0.2, 0.25) is 0 Å².